The molecule has 2 N–H and O–H groups in total. The van der Waals surface area contributed by atoms with Gasteiger partial charge in [0.05, 0.1) is 19.5 Å². The van der Waals surface area contributed by atoms with Gasteiger partial charge in [0.1, 0.15) is 18.5 Å². The molecule has 114 valence electrons. The third-order valence-electron chi connectivity index (χ3n) is 3.35. The van der Waals surface area contributed by atoms with Crippen molar-refractivity contribution in [2.75, 3.05) is 13.2 Å². The molecule has 21 heavy (non-hydrogen) atoms. The SMILES string of the molecule is CCOc1ncnc2c1ncn2[C@@H]1O[C@H](CO)[C@@H](O)[C@@H]1F. The van der Waals surface area contributed by atoms with E-state index in [4.69, 9.17) is 14.6 Å². The van der Waals surface area contributed by atoms with Gasteiger partial charge in [-0.1, -0.05) is 0 Å². The normalized spacial score (nSPS) is 29.1. The van der Waals surface area contributed by atoms with E-state index in [1.54, 1.807) is 0 Å². The van der Waals surface area contributed by atoms with Crippen LogP contribution in [0.5, 0.6) is 5.88 Å². The van der Waals surface area contributed by atoms with Gasteiger partial charge >= 0.3 is 0 Å². The first-order valence-electron chi connectivity index (χ1n) is 6.56. The van der Waals surface area contributed by atoms with Crippen molar-refractivity contribution in [2.45, 2.75) is 31.5 Å². The van der Waals surface area contributed by atoms with Crippen LogP contribution in [0, 0.1) is 0 Å². The Balaban J connectivity index is 2.00. The lowest BCUT2D eigenvalue weighted by atomic mass is 10.1. The van der Waals surface area contributed by atoms with E-state index in [9.17, 15) is 9.50 Å². The van der Waals surface area contributed by atoms with Gasteiger partial charge in [0.25, 0.3) is 0 Å². The van der Waals surface area contributed by atoms with Crippen molar-refractivity contribution in [1.29, 1.82) is 0 Å². The minimum Gasteiger partial charge on any atom is -0.476 e. The summed E-state index contributed by atoms with van der Waals surface area (Å²) in [4.78, 5) is 12.1. The van der Waals surface area contributed by atoms with E-state index in [-0.39, 0.29) is 0 Å². The molecule has 1 saturated heterocycles. The van der Waals surface area contributed by atoms with Crippen LogP contribution in [-0.2, 0) is 4.74 Å². The van der Waals surface area contributed by atoms with Gasteiger partial charge in [-0.25, -0.2) is 14.4 Å². The van der Waals surface area contributed by atoms with Gasteiger partial charge in [0, 0.05) is 0 Å². The number of aliphatic hydroxyl groups is 2. The maximum Gasteiger partial charge on any atom is 0.245 e. The average Bonchev–Trinajstić information content (AvgIpc) is 3.03. The van der Waals surface area contributed by atoms with Crippen LogP contribution in [0.3, 0.4) is 0 Å². The second kappa shape index (κ2) is 5.51. The molecule has 9 heteroatoms. The Morgan fingerprint density at radius 2 is 2.24 bits per heavy atom. The summed E-state index contributed by atoms with van der Waals surface area (Å²) in [6.45, 7) is 1.75. The van der Waals surface area contributed by atoms with Crippen LogP contribution in [0.1, 0.15) is 13.2 Å². The summed E-state index contributed by atoms with van der Waals surface area (Å²) in [6, 6.07) is 0. The van der Waals surface area contributed by atoms with Gasteiger partial charge in [-0.05, 0) is 6.92 Å². The van der Waals surface area contributed by atoms with Gasteiger partial charge in [-0.3, -0.25) is 4.57 Å². The smallest absolute Gasteiger partial charge is 0.245 e. The molecular formula is C12H15FN4O4. The van der Waals surface area contributed by atoms with Gasteiger partial charge < -0.3 is 19.7 Å². The third-order valence-corrected chi connectivity index (χ3v) is 3.35. The van der Waals surface area contributed by atoms with E-state index in [1.165, 1.54) is 17.2 Å². The molecule has 2 aromatic heterocycles. The third kappa shape index (κ3) is 2.23. The maximum atomic E-state index is 14.1. The Labute approximate surface area is 119 Å². The number of nitrogens with zero attached hydrogens (tertiary/aromatic N) is 4. The van der Waals surface area contributed by atoms with Crippen molar-refractivity contribution in [3.05, 3.63) is 12.7 Å². The summed E-state index contributed by atoms with van der Waals surface area (Å²) in [5.41, 5.74) is 0.726. The first kappa shape index (κ1) is 14.1. The largest absolute Gasteiger partial charge is 0.476 e. The summed E-state index contributed by atoms with van der Waals surface area (Å²) in [7, 11) is 0. The Kier molecular flexibility index (Phi) is 3.70. The average molecular weight is 298 g/mol. The molecule has 0 unspecified atom stereocenters. The molecule has 2 aromatic rings. The van der Waals surface area contributed by atoms with Crippen LogP contribution in [0.2, 0.25) is 0 Å². The first-order chi connectivity index (χ1) is 10.2. The molecule has 8 nitrogen and oxygen atoms in total. The molecule has 0 bridgehead atoms. The van der Waals surface area contributed by atoms with Crippen molar-refractivity contribution < 1.29 is 24.1 Å². The quantitative estimate of drug-likeness (QED) is 0.806. The molecule has 0 amide bonds. The molecule has 0 saturated carbocycles. The molecule has 3 heterocycles. The van der Waals surface area contributed by atoms with Gasteiger partial charge in [0.15, 0.2) is 23.6 Å². The number of hydrogen-bond donors (Lipinski definition) is 2. The molecule has 0 spiro atoms. The molecule has 1 fully saturated rings. The number of imidazole rings is 1. The number of ether oxygens (including phenoxy) is 2. The monoisotopic (exact) mass is 298 g/mol. The molecule has 4 atom stereocenters. The highest BCUT2D eigenvalue weighted by atomic mass is 19.1. The van der Waals surface area contributed by atoms with E-state index >= 15 is 0 Å². The van der Waals surface area contributed by atoms with Crippen LogP contribution in [0.15, 0.2) is 12.7 Å². The van der Waals surface area contributed by atoms with Gasteiger partial charge in [-0.15, -0.1) is 0 Å². The zero-order chi connectivity index (χ0) is 15.0. The summed E-state index contributed by atoms with van der Waals surface area (Å²) in [5.74, 6) is 0.300. The zero-order valence-corrected chi connectivity index (χ0v) is 11.3. The summed E-state index contributed by atoms with van der Waals surface area (Å²) < 4.78 is 26.2. The maximum absolute atomic E-state index is 14.1. The van der Waals surface area contributed by atoms with Crippen LogP contribution >= 0.6 is 0 Å². The first-order valence-corrected chi connectivity index (χ1v) is 6.56. The number of fused-ring (bicyclic) bond motifs is 1. The van der Waals surface area contributed by atoms with Crippen LogP contribution < -0.4 is 4.74 Å². The summed E-state index contributed by atoms with van der Waals surface area (Å²) in [5, 5.41) is 18.8. The summed E-state index contributed by atoms with van der Waals surface area (Å²) in [6.07, 6.45) is -2.53. The number of aromatic nitrogens is 4. The van der Waals surface area contributed by atoms with E-state index in [1.807, 2.05) is 6.92 Å². The van der Waals surface area contributed by atoms with Crippen molar-refractivity contribution in [2.24, 2.45) is 0 Å². The van der Waals surface area contributed by atoms with Crippen molar-refractivity contribution in [3.63, 3.8) is 0 Å². The second-order valence-electron chi connectivity index (χ2n) is 4.62. The Bertz CT molecular complexity index is 637. The number of hydrogen-bond acceptors (Lipinski definition) is 7. The van der Waals surface area contributed by atoms with Crippen molar-refractivity contribution in [1.82, 2.24) is 19.5 Å². The molecule has 0 aromatic carbocycles. The van der Waals surface area contributed by atoms with Crippen molar-refractivity contribution in [3.8, 4) is 5.88 Å². The lowest BCUT2D eigenvalue weighted by molar-refractivity contribution is -0.0459. The fraction of sp³-hybridized carbons (Fsp3) is 0.583. The predicted octanol–water partition coefficient (Wildman–Crippen LogP) is -0.186. The highest BCUT2D eigenvalue weighted by molar-refractivity contribution is 5.76. The van der Waals surface area contributed by atoms with E-state index in [2.05, 4.69) is 15.0 Å². The fourth-order valence-corrected chi connectivity index (χ4v) is 2.34. The Hall–Kier alpha value is -1.84. The molecule has 3 rings (SSSR count). The highest BCUT2D eigenvalue weighted by Crippen LogP contribution is 2.34. The van der Waals surface area contributed by atoms with Gasteiger partial charge in [-0.2, -0.15) is 4.98 Å². The highest BCUT2D eigenvalue weighted by Gasteiger charge is 2.45. The fourth-order valence-electron chi connectivity index (χ4n) is 2.34. The van der Waals surface area contributed by atoms with E-state index in [0.29, 0.717) is 23.7 Å². The minimum absolute atomic E-state index is 0.300. The zero-order valence-electron chi connectivity index (χ0n) is 11.3. The van der Waals surface area contributed by atoms with Gasteiger partial charge in [0.2, 0.25) is 5.88 Å². The second-order valence-corrected chi connectivity index (χ2v) is 4.62. The van der Waals surface area contributed by atoms with Crippen LogP contribution in [0.25, 0.3) is 11.2 Å². The molecular weight excluding hydrogens is 283 g/mol. The van der Waals surface area contributed by atoms with E-state index in [0.717, 1.165) is 0 Å². The van der Waals surface area contributed by atoms with Crippen molar-refractivity contribution >= 4 is 11.2 Å². The molecule has 1 aliphatic rings. The van der Waals surface area contributed by atoms with Crippen LogP contribution in [0.4, 0.5) is 4.39 Å². The molecule has 1 aliphatic heterocycles. The predicted molar refractivity (Wildman–Crippen MR) is 68.4 cm³/mol. The molecule has 0 aliphatic carbocycles. The number of aliphatic hydroxyl groups excluding tert-OH is 2. The summed E-state index contributed by atoms with van der Waals surface area (Å²) >= 11 is 0. The Morgan fingerprint density at radius 3 is 2.90 bits per heavy atom. The minimum atomic E-state index is -1.69. The van der Waals surface area contributed by atoms with Crippen LogP contribution in [-0.4, -0.2) is 61.3 Å². The number of alkyl halides is 1. The number of halogens is 1. The topological polar surface area (TPSA) is 103 Å². The Morgan fingerprint density at radius 1 is 1.43 bits per heavy atom. The standard InChI is InChI=1S/C12H15FN4O4/c1-2-20-11-8-10(14-4-15-11)17(5-16-8)12-7(13)9(19)6(3-18)21-12/h4-7,9,12,18-19H,2-3H2,1H3/t6-,7+,9-,12-/m1/s1. The molecule has 0 radical (unpaired) electrons. The van der Waals surface area contributed by atoms with E-state index < -0.39 is 31.2 Å². The lowest BCUT2D eigenvalue weighted by Gasteiger charge is -2.14. The lowest BCUT2D eigenvalue weighted by Crippen LogP contribution is -2.30. The number of rotatable bonds is 4.